The van der Waals surface area contributed by atoms with Crippen molar-refractivity contribution >= 4 is 22.2 Å². The topological polar surface area (TPSA) is 84.2 Å². The quantitative estimate of drug-likeness (QED) is 0.263. The number of hydrogen-bond acceptors (Lipinski definition) is 6. The van der Waals surface area contributed by atoms with Gasteiger partial charge in [0.25, 0.3) is 0 Å². The van der Waals surface area contributed by atoms with E-state index in [0.29, 0.717) is 25.4 Å². The molecule has 0 aliphatic heterocycles. The van der Waals surface area contributed by atoms with Crippen LogP contribution in [-0.2, 0) is 16.7 Å². The van der Waals surface area contributed by atoms with E-state index in [9.17, 15) is 13.0 Å². The van der Waals surface area contributed by atoms with Crippen LogP contribution in [0, 0.1) is 0 Å². The standard InChI is InChI=1S/C8H14N2O4S2.CH4.K/c1-15-14-8-9-4-6-10(8)5-2-3-7-16(11,12)13;;/h4,6H,2-3,5,7H2,1H3,(H,11,12,13);1H4;/q;;+1/p-1. The summed E-state index contributed by atoms with van der Waals surface area (Å²) in [5, 5.41) is 0. The van der Waals surface area contributed by atoms with Crippen LogP contribution in [0.25, 0.3) is 0 Å². The summed E-state index contributed by atoms with van der Waals surface area (Å²) in [7, 11) is -4.10. The molecule has 18 heavy (non-hydrogen) atoms. The monoisotopic (exact) mass is 320 g/mol. The van der Waals surface area contributed by atoms with E-state index in [1.54, 1.807) is 23.2 Å². The third kappa shape index (κ3) is 8.91. The van der Waals surface area contributed by atoms with Gasteiger partial charge in [0.15, 0.2) is 0 Å². The van der Waals surface area contributed by atoms with Gasteiger partial charge in [-0.05, 0) is 12.8 Å². The van der Waals surface area contributed by atoms with Crippen molar-refractivity contribution in [3.05, 3.63) is 12.4 Å². The number of imidazole rings is 1. The number of hydrogen-bond donors (Lipinski definition) is 0. The minimum Gasteiger partial charge on any atom is -0.748 e. The molecule has 0 saturated heterocycles. The number of unbranched alkanes of at least 4 members (excludes halogenated alkanes) is 1. The van der Waals surface area contributed by atoms with Crippen LogP contribution in [0.3, 0.4) is 0 Å². The predicted octanol–water partition coefficient (Wildman–Crippen LogP) is -1.49. The van der Waals surface area contributed by atoms with Gasteiger partial charge >= 0.3 is 57.4 Å². The van der Waals surface area contributed by atoms with Gasteiger partial charge in [0, 0.05) is 30.9 Å². The number of aromatic nitrogens is 2. The predicted molar refractivity (Wildman–Crippen MR) is 66.9 cm³/mol. The molecule has 6 nitrogen and oxygen atoms in total. The Labute approximate surface area is 155 Å². The van der Waals surface area contributed by atoms with Crippen LogP contribution in [0.1, 0.15) is 20.3 Å². The Morgan fingerprint density at radius 1 is 1.50 bits per heavy atom. The van der Waals surface area contributed by atoms with Crippen molar-refractivity contribution in [3.8, 4) is 6.01 Å². The minimum absolute atomic E-state index is 0. The molecule has 1 aromatic rings. The molecule has 0 aliphatic rings. The van der Waals surface area contributed by atoms with Crippen LogP contribution in [0.2, 0.25) is 0 Å². The summed E-state index contributed by atoms with van der Waals surface area (Å²) in [5.41, 5.74) is 0. The van der Waals surface area contributed by atoms with Crippen molar-refractivity contribution in [3.63, 3.8) is 0 Å². The largest absolute Gasteiger partial charge is 1.00 e. The van der Waals surface area contributed by atoms with Crippen molar-refractivity contribution in [2.75, 3.05) is 12.0 Å². The molecule has 100 valence electrons. The summed E-state index contributed by atoms with van der Waals surface area (Å²) in [4.78, 5) is 3.97. The first-order valence-corrected chi connectivity index (χ1v) is 7.41. The minimum atomic E-state index is -4.10. The maximum atomic E-state index is 10.4. The normalized spacial score (nSPS) is 10.3. The van der Waals surface area contributed by atoms with Crippen LogP contribution in [0.4, 0.5) is 0 Å². The molecule has 1 rings (SSSR count). The third-order valence-electron chi connectivity index (χ3n) is 1.88. The summed E-state index contributed by atoms with van der Waals surface area (Å²) >= 11 is 1.19. The third-order valence-corrected chi connectivity index (χ3v) is 2.98. The Balaban J connectivity index is 0. The SMILES string of the molecule is C.CSOc1nccn1CCCCS(=O)(=O)[O-].[K+]. The van der Waals surface area contributed by atoms with Gasteiger partial charge in [-0.2, -0.15) is 0 Å². The van der Waals surface area contributed by atoms with Gasteiger partial charge in [-0.15, -0.1) is 0 Å². The molecule has 0 atom stereocenters. The zero-order chi connectivity index (χ0) is 12.0. The van der Waals surface area contributed by atoms with E-state index in [0.717, 1.165) is 0 Å². The number of aryl methyl sites for hydroxylation is 1. The molecule has 1 aromatic heterocycles. The van der Waals surface area contributed by atoms with Gasteiger partial charge in [0.2, 0.25) is 0 Å². The molecular weight excluding hydrogens is 303 g/mol. The Bertz CT molecular complexity index is 422. The average molecular weight is 320 g/mol. The van der Waals surface area contributed by atoms with E-state index in [1.807, 2.05) is 0 Å². The molecule has 0 spiro atoms. The van der Waals surface area contributed by atoms with Gasteiger partial charge in [0.1, 0.15) is 0 Å². The summed E-state index contributed by atoms with van der Waals surface area (Å²) in [6.07, 6.45) is 6.08. The summed E-state index contributed by atoms with van der Waals surface area (Å²) < 4.78 is 38.0. The maximum absolute atomic E-state index is 10.4. The van der Waals surface area contributed by atoms with E-state index in [2.05, 4.69) is 4.98 Å². The van der Waals surface area contributed by atoms with E-state index >= 15 is 0 Å². The Kier molecular flexibility index (Phi) is 12.6. The van der Waals surface area contributed by atoms with Crippen LogP contribution in [-0.4, -0.2) is 34.5 Å². The van der Waals surface area contributed by atoms with Crippen molar-refractivity contribution in [1.82, 2.24) is 9.55 Å². The first-order valence-electron chi connectivity index (χ1n) is 4.68. The molecule has 9 heteroatoms. The maximum Gasteiger partial charge on any atom is 1.00 e. The van der Waals surface area contributed by atoms with Crippen LogP contribution < -0.4 is 55.6 Å². The van der Waals surface area contributed by atoms with Gasteiger partial charge in [-0.3, -0.25) is 0 Å². The molecule has 0 radical (unpaired) electrons. The molecular formula is C9H17KN2O4S2. The molecule has 0 N–H and O–H groups in total. The Morgan fingerprint density at radius 2 is 2.17 bits per heavy atom. The number of rotatable bonds is 7. The van der Waals surface area contributed by atoms with E-state index in [-0.39, 0.29) is 64.6 Å². The fourth-order valence-electron chi connectivity index (χ4n) is 1.19. The van der Waals surface area contributed by atoms with Crippen LogP contribution >= 0.6 is 12.0 Å². The second-order valence-corrected chi connectivity index (χ2v) is 5.15. The molecule has 0 fully saturated rings. The van der Waals surface area contributed by atoms with Gasteiger partial charge in [-0.1, -0.05) is 7.43 Å². The van der Waals surface area contributed by atoms with Crippen molar-refractivity contribution in [2.45, 2.75) is 26.8 Å². The molecule has 0 bridgehead atoms. The summed E-state index contributed by atoms with van der Waals surface area (Å²) in [6.45, 7) is 0.589. The smallest absolute Gasteiger partial charge is 0.748 e. The van der Waals surface area contributed by atoms with Gasteiger partial charge in [0.05, 0.1) is 22.2 Å². The molecule has 0 amide bonds. The Hall–Kier alpha value is 0.906. The zero-order valence-corrected chi connectivity index (χ0v) is 14.6. The van der Waals surface area contributed by atoms with Crippen molar-refractivity contribution in [2.24, 2.45) is 0 Å². The first-order chi connectivity index (χ1) is 7.53. The second-order valence-electron chi connectivity index (χ2n) is 3.12. The first kappa shape index (κ1) is 21.2. The Morgan fingerprint density at radius 3 is 2.72 bits per heavy atom. The van der Waals surface area contributed by atoms with Crippen molar-refractivity contribution < 1.29 is 68.5 Å². The molecule has 1 heterocycles. The summed E-state index contributed by atoms with van der Waals surface area (Å²) in [6, 6.07) is 0.484. The second kappa shape index (κ2) is 10.7. The molecule has 0 saturated carbocycles. The van der Waals surface area contributed by atoms with E-state index in [1.165, 1.54) is 12.0 Å². The van der Waals surface area contributed by atoms with E-state index in [4.69, 9.17) is 4.18 Å². The van der Waals surface area contributed by atoms with Gasteiger partial charge in [-0.25, -0.2) is 13.4 Å². The molecule has 0 aliphatic carbocycles. The fourth-order valence-corrected chi connectivity index (χ4v) is 2.04. The molecule has 0 unspecified atom stereocenters. The molecule has 0 aromatic carbocycles. The van der Waals surface area contributed by atoms with E-state index < -0.39 is 10.1 Å². The van der Waals surface area contributed by atoms with Crippen LogP contribution in [0.5, 0.6) is 6.01 Å². The van der Waals surface area contributed by atoms with Crippen LogP contribution in [0.15, 0.2) is 12.4 Å². The zero-order valence-electron chi connectivity index (χ0n) is 9.83. The average Bonchev–Trinajstić information content (AvgIpc) is 2.60. The van der Waals surface area contributed by atoms with Crippen molar-refractivity contribution in [1.29, 1.82) is 0 Å². The fraction of sp³-hybridized carbons (Fsp3) is 0.667. The number of nitrogens with zero attached hydrogens (tertiary/aromatic N) is 2. The summed E-state index contributed by atoms with van der Waals surface area (Å²) in [5.74, 6) is -0.319. The van der Waals surface area contributed by atoms with Gasteiger partial charge < -0.3 is 13.3 Å².